The fourth-order valence-electron chi connectivity index (χ4n) is 2.73. The molecule has 3 rings (SSSR count). The van der Waals surface area contributed by atoms with Crippen LogP contribution >= 0.6 is 11.3 Å². The van der Waals surface area contributed by atoms with E-state index in [1.54, 1.807) is 11.4 Å². The van der Waals surface area contributed by atoms with Crippen LogP contribution in [0.1, 0.15) is 26.2 Å². The number of nitrogens with zero attached hydrogens (tertiary/aromatic N) is 2. The first-order chi connectivity index (χ1) is 13.3. The number of likely N-dealkylation sites (tertiary alicyclic amines) is 1. The summed E-state index contributed by atoms with van der Waals surface area (Å²) in [5.74, 6) is -1.79. The van der Waals surface area contributed by atoms with Crippen LogP contribution in [-0.2, 0) is 19.2 Å². The predicted molar refractivity (Wildman–Crippen MR) is 101 cm³/mol. The molecule has 1 aliphatic rings. The number of hydrogen-bond donors (Lipinski definition) is 2. The lowest BCUT2D eigenvalue weighted by Crippen LogP contribution is -2.32. The molecule has 1 saturated heterocycles. The molecule has 146 valence electrons. The van der Waals surface area contributed by atoms with Crippen LogP contribution in [0.5, 0.6) is 0 Å². The summed E-state index contributed by atoms with van der Waals surface area (Å²) in [7, 11) is 0. The van der Waals surface area contributed by atoms with Crippen molar-refractivity contribution in [2.45, 2.75) is 26.2 Å². The molecule has 0 spiro atoms. The standard InChI is InChI=1S/C18H17FN4O4S/c1-10(24)20-11-2-3-12(13(19)8-11)14-9-28-18(21-14)22-15(25)6-7-23-16(26)4-5-17(23)27/h2-3,8-9H,4-7H2,1H3,(H,20,24)(H,21,22,25). The van der Waals surface area contributed by atoms with Crippen LogP contribution in [0, 0.1) is 5.82 Å². The highest BCUT2D eigenvalue weighted by Gasteiger charge is 2.28. The number of thiazole rings is 1. The van der Waals surface area contributed by atoms with E-state index in [1.165, 1.54) is 19.1 Å². The molecule has 2 aromatic rings. The summed E-state index contributed by atoms with van der Waals surface area (Å²) in [6.07, 6.45) is 0.331. The number of carbonyl (C=O) groups is 4. The maximum atomic E-state index is 14.3. The SMILES string of the molecule is CC(=O)Nc1ccc(-c2csc(NC(=O)CCN3C(=O)CCC3=O)n2)c(F)c1. The van der Waals surface area contributed by atoms with E-state index >= 15 is 0 Å². The normalized spacial score (nSPS) is 13.7. The molecule has 0 aliphatic carbocycles. The van der Waals surface area contributed by atoms with E-state index in [0.717, 1.165) is 16.2 Å². The van der Waals surface area contributed by atoms with Gasteiger partial charge in [-0.2, -0.15) is 0 Å². The third-order valence-electron chi connectivity index (χ3n) is 4.03. The van der Waals surface area contributed by atoms with Crippen molar-refractivity contribution in [3.8, 4) is 11.3 Å². The van der Waals surface area contributed by atoms with Gasteiger partial charge in [-0.3, -0.25) is 24.1 Å². The molecule has 1 fully saturated rings. The van der Waals surface area contributed by atoms with Crippen LogP contribution in [0.2, 0.25) is 0 Å². The summed E-state index contributed by atoms with van der Waals surface area (Å²) < 4.78 is 14.3. The van der Waals surface area contributed by atoms with Crippen LogP contribution in [0.3, 0.4) is 0 Å². The minimum absolute atomic E-state index is 0.0287. The van der Waals surface area contributed by atoms with Gasteiger partial charge in [0.2, 0.25) is 23.6 Å². The number of anilines is 2. The van der Waals surface area contributed by atoms with E-state index < -0.39 is 11.7 Å². The molecule has 2 heterocycles. The quantitative estimate of drug-likeness (QED) is 0.719. The zero-order valence-electron chi connectivity index (χ0n) is 15.0. The van der Waals surface area contributed by atoms with Crippen LogP contribution in [0.4, 0.5) is 15.2 Å². The van der Waals surface area contributed by atoms with Crippen molar-refractivity contribution in [2.75, 3.05) is 17.2 Å². The first-order valence-electron chi connectivity index (χ1n) is 8.49. The molecule has 0 bridgehead atoms. The molecule has 0 saturated carbocycles. The molecule has 4 amide bonds. The van der Waals surface area contributed by atoms with Gasteiger partial charge in [-0.05, 0) is 18.2 Å². The number of amides is 4. The average molecular weight is 404 g/mol. The van der Waals surface area contributed by atoms with Gasteiger partial charge >= 0.3 is 0 Å². The minimum atomic E-state index is -0.555. The topological polar surface area (TPSA) is 108 Å². The smallest absolute Gasteiger partial charge is 0.229 e. The maximum absolute atomic E-state index is 14.3. The Hall–Kier alpha value is -3.14. The number of benzene rings is 1. The van der Waals surface area contributed by atoms with E-state index in [1.807, 2.05) is 0 Å². The summed E-state index contributed by atoms with van der Waals surface area (Å²) in [6.45, 7) is 1.36. The fourth-order valence-corrected chi connectivity index (χ4v) is 3.45. The Balaban J connectivity index is 1.61. The van der Waals surface area contributed by atoms with Crippen LogP contribution in [0.25, 0.3) is 11.3 Å². The number of carbonyl (C=O) groups excluding carboxylic acids is 4. The largest absolute Gasteiger partial charge is 0.326 e. The Labute approximate surface area is 163 Å². The monoisotopic (exact) mass is 404 g/mol. The molecule has 0 unspecified atom stereocenters. The highest BCUT2D eigenvalue weighted by atomic mass is 32.1. The van der Waals surface area contributed by atoms with Crippen LogP contribution in [0.15, 0.2) is 23.6 Å². The van der Waals surface area contributed by atoms with Crippen molar-refractivity contribution >= 4 is 45.8 Å². The lowest BCUT2D eigenvalue weighted by Gasteiger charge is -2.12. The number of halogens is 1. The molecule has 10 heteroatoms. The number of rotatable bonds is 6. The summed E-state index contributed by atoms with van der Waals surface area (Å²) in [5, 5.41) is 6.95. The van der Waals surface area contributed by atoms with E-state index in [9.17, 15) is 23.6 Å². The Bertz CT molecular complexity index is 943. The predicted octanol–water partition coefficient (Wildman–Crippen LogP) is 2.39. The van der Waals surface area contributed by atoms with E-state index in [-0.39, 0.29) is 54.2 Å². The Morgan fingerprint density at radius 3 is 2.57 bits per heavy atom. The van der Waals surface area contributed by atoms with Gasteiger partial charge in [0.25, 0.3) is 0 Å². The summed E-state index contributed by atoms with van der Waals surface area (Å²) in [6, 6.07) is 4.24. The van der Waals surface area contributed by atoms with Crippen molar-refractivity contribution < 1.29 is 23.6 Å². The van der Waals surface area contributed by atoms with Crippen LogP contribution in [-0.4, -0.2) is 40.1 Å². The van der Waals surface area contributed by atoms with Gasteiger partial charge in [-0.1, -0.05) is 0 Å². The highest BCUT2D eigenvalue weighted by molar-refractivity contribution is 7.14. The second kappa shape index (κ2) is 8.26. The van der Waals surface area contributed by atoms with Gasteiger partial charge < -0.3 is 10.6 Å². The Morgan fingerprint density at radius 2 is 1.93 bits per heavy atom. The number of nitrogens with one attached hydrogen (secondary N) is 2. The third kappa shape index (κ3) is 4.58. The van der Waals surface area contributed by atoms with Crippen LogP contribution < -0.4 is 10.6 Å². The van der Waals surface area contributed by atoms with Gasteiger partial charge in [-0.25, -0.2) is 9.37 Å². The van der Waals surface area contributed by atoms with E-state index in [2.05, 4.69) is 15.6 Å². The van der Waals surface area contributed by atoms with Gasteiger partial charge in [0, 0.05) is 49.4 Å². The first-order valence-corrected chi connectivity index (χ1v) is 9.37. The molecule has 1 aromatic carbocycles. The number of hydrogen-bond acceptors (Lipinski definition) is 6. The summed E-state index contributed by atoms with van der Waals surface area (Å²) >= 11 is 1.13. The Kier molecular flexibility index (Phi) is 5.78. The fraction of sp³-hybridized carbons (Fsp3) is 0.278. The molecule has 8 nitrogen and oxygen atoms in total. The van der Waals surface area contributed by atoms with Crippen molar-refractivity contribution in [1.82, 2.24) is 9.88 Å². The van der Waals surface area contributed by atoms with Gasteiger partial charge in [0.05, 0.1) is 5.69 Å². The van der Waals surface area contributed by atoms with E-state index in [0.29, 0.717) is 11.4 Å². The average Bonchev–Trinajstić information content (AvgIpc) is 3.19. The zero-order chi connectivity index (χ0) is 20.3. The molecule has 28 heavy (non-hydrogen) atoms. The first kappa shape index (κ1) is 19.6. The van der Waals surface area contributed by atoms with E-state index in [4.69, 9.17) is 0 Å². The molecule has 1 aromatic heterocycles. The molecular formula is C18H17FN4O4S. The van der Waals surface area contributed by atoms with Gasteiger partial charge in [0.15, 0.2) is 5.13 Å². The van der Waals surface area contributed by atoms with Gasteiger partial charge in [-0.15, -0.1) is 11.3 Å². The molecular weight excluding hydrogens is 387 g/mol. The molecule has 0 radical (unpaired) electrons. The van der Waals surface area contributed by atoms with Crippen molar-refractivity contribution in [1.29, 1.82) is 0 Å². The number of aromatic nitrogens is 1. The summed E-state index contributed by atoms with van der Waals surface area (Å²) in [4.78, 5) is 51.4. The second-order valence-electron chi connectivity index (χ2n) is 6.15. The summed E-state index contributed by atoms with van der Waals surface area (Å²) in [5.41, 5.74) is 0.916. The second-order valence-corrected chi connectivity index (χ2v) is 7.01. The van der Waals surface area contributed by atoms with Crippen molar-refractivity contribution in [3.05, 3.63) is 29.4 Å². The zero-order valence-corrected chi connectivity index (χ0v) is 15.8. The molecule has 1 aliphatic heterocycles. The van der Waals surface area contributed by atoms with Gasteiger partial charge in [0.1, 0.15) is 5.82 Å². The minimum Gasteiger partial charge on any atom is -0.326 e. The molecule has 0 atom stereocenters. The molecule has 2 N–H and O–H groups in total. The third-order valence-corrected chi connectivity index (χ3v) is 4.79. The lowest BCUT2D eigenvalue weighted by molar-refractivity contribution is -0.138. The van der Waals surface area contributed by atoms with Crippen molar-refractivity contribution in [2.24, 2.45) is 0 Å². The van der Waals surface area contributed by atoms with Crippen molar-refractivity contribution in [3.63, 3.8) is 0 Å². The number of imide groups is 1. The Morgan fingerprint density at radius 1 is 1.21 bits per heavy atom. The lowest BCUT2D eigenvalue weighted by atomic mass is 10.1. The maximum Gasteiger partial charge on any atom is 0.229 e. The highest BCUT2D eigenvalue weighted by Crippen LogP contribution is 2.28.